The number of hydrogen-bond acceptors (Lipinski definition) is 10. The average Bonchev–Trinajstić information content (AvgIpc) is 3.20. The molecular weight excluding hydrogens is 608 g/mol. The van der Waals surface area contributed by atoms with Crippen LogP contribution in [0.5, 0.6) is 23.0 Å². The number of nitrogens with zero attached hydrogens (tertiary/aromatic N) is 3. The van der Waals surface area contributed by atoms with E-state index < -0.39 is 12.0 Å². The number of aryl methyl sites for hydroxylation is 1. The molecule has 3 aromatic carbocycles. The van der Waals surface area contributed by atoms with Crippen LogP contribution in [-0.4, -0.2) is 81.0 Å². The monoisotopic (exact) mass is 648 g/mol. The number of esters is 1. The molecule has 1 fully saturated rings. The minimum Gasteiger partial charge on any atom is -0.486 e. The summed E-state index contributed by atoms with van der Waals surface area (Å²) in [6.07, 6.45) is 5.60. The Morgan fingerprint density at radius 1 is 0.938 bits per heavy atom. The van der Waals surface area contributed by atoms with Gasteiger partial charge in [-0.25, -0.2) is 4.79 Å². The summed E-state index contributed by atoms with van der Waals surface area (Å²) in [5.41, 5.74) is 6.65. The molecule has 5 atom stereocenters. The van der Waals surface area contributed by atoms with Crippen molar-refractivity contribution >= 4 is 12.0 Å². The van der Waals surface area contributed by atoms with Crippen LogP contribution in [0.4, 0.5) is 0 Å². The van der Waals surface area contributed by atoms with Gasteiger partial charge in [0.05, 0.1) is 18.2 Å². The SMILES string of the molecule is CNCc1ccc(C=CC(=O)OCC2c3cc4c(cc3CC3C5c6cc7c(cc6CCC(C(C#N)N23)N5C)OCCO7)OCCO4)cc1. The smallest absolute Gasteiger partial charge is 0.330 e. The molecule has 248 valence electrons. The number of piperazine rings is 1. The van der Waals surface area contributed by atoms with Crippen molar-refractivity contribution in [3.63, 3.8) is 0 Å². The van der Waals surface area contributed by atoms with Gasteiger partial charge in [-0.05, 0) is 97.1 Å². The molecule has 2 bridgehead atoms. The molecule has 0 amide bonds. The first-order valence-electron chi connectivity index (χ1n) is 16.8. The Kier molecular flexibility index (Phi) is 8.20. The summed E-state index contributed by atoms with van der Waals surface area (Å²) >= 11 is 0. The summed E-state index contributed by atoms with van der Waals surface area (Å²) in [4.78, 5) is 17.9. The van der Waals surface area contributed by atoms with Gasteiger partial charge in [0.1, 0.15) is 39.1 Å². The van der Waals surface area contributed by atoms with Gasteiger partial charge < -0.3 is 29.0 Å². The molecule has 10 heteroatoms. The standard InChI is InChI=1S/C38H40N4O6/c1-40-21-24-5-3-23(4-6-24)7-10-37(43)48-22-32-27-18-35-34(45-12-13-46-35)17-26(27)15-30-38-28-19-36-33(44-11-14-47-36)16-25(28)8-9-29(41(38)2)31(20-39)42(30)32/h3-7,10,16-19,29-32,38,40H,8-9,11-15,21-22H2,1-2H3. The van der Waals surface area contributed by atoms with Crippen LogP contribution in [0.3, 0.4) is 0 Å². The minimum atomic E-state index is -0.426. The van der Waals surface area contributed by atoms with Crippen molar-refractivity contribution in [3.8, 4) is 29.1 Å². The Bertz CT molecular complexity index is 1790. The molecule has 1 saturated heterocycles. The second-order valence-corrected chi connectivity index (χ2v) is 13.1. The number of benzene rings is 3. The molecule has 8 rings (SSSR count). The van der Waals surface area contributed by atoms with Gasteiger partial charge in [-0.2, -0.15) is 5.26 Å². The van der Waals surface area contributed by atoms with E-state index in [1.54, 1.807) is 6.08 Å². The molecule has 48 heavy (non-hydrogen) atoms. The zero-order valence-corrected chi connectivity index (χ0v) is 27.3. The predicted octanol–water partition coefficient (Wildman–Crippen LogP) is 4.37. The second kappa shape index (κ2) is 12.8. The lowest BCUT2D eigenvalue weighted by Gasteiger charge is -2.57. The molecule has 0 aliphatic carbocycles. The van der Waals surface area contributed by atoms with E-state index in [4.69, 9.17) is 23.7 Å². The fourth-order valence-electron chi connectivity index (χ4n) is 8.31. The van der Waals surface area contributed by atoms with Gasteiger partial charge in [-0.1, -0.05) is 24.3 Å². The van der Waals surface area contributed by atoms with Crippen LogP contribution in [0, 0.1) is 11.3 Å². The lowest BCUT2D eigenvalue weighted by Crippen LogP contribution is -2.66. The number of likely N-dealkylation sites (N-methyl/N-ethyl adjacent to an activating group) is 1. The highest BCUT2D eigenvalue weighted by Gasteiger charge is 2.53. The van der Waals surface area contributed by atoms with Crippen molar-refractivity contribution in [1.29, 1.82) is 5.26 Å². The Balaban J connectivity index is 1.15. The third-order valence-corrected chi connectivity index (χ3v) is 10.5. The van der Waals surface area contributed by atoms with Gasteiger partial charge in [0, 0.05) is 24.7 Å². The van der Waals surface area contributed by atoms with Crippen molar-refractivity contribution < 1.29 is 28.5 Å². The molecule has 3 aromatic rings. The van der Waals surface area contributed by atoms with Gasteiger partial charge in [-0.3, -0.25) is 9.80 Å². The number of fused-ring (bicyclic) bond motifs is 9. The lowest BCUT2D eigenvalue weighted by atomic mass is 9.78. The largest absolute Gasteiger partial charge is 0.486 e. The zero-order chi connectivity index (χ0) is 32.8. The van der Waals surface area contributed by atoms with E-state index in [0.29, 0.717) is 38.6 Å². The highest BCUT2D eigenvalue weighted by molar-refractivity contribution is 5.87. The van der Waals surface area contributed by atoms with E-state index in [1.807, 2.05) is 37.4 Å². The molecule has 1 N–H and O–H groups in total. The molecule has 0 saturated carbocycles. The molecule has 10 nitrogen and oxygen atoms in total. The number of nitriles is 1. The Hall–Kier alpha value is -4.56. The van der Waals surface area contributed by atoms with Crippen LogP contribution in [0.2, 0.25) is 0 Å². The Morgan fingerprint density at radius 2 is 1.58 bits per heavy atom. The van der Waals surface area contributed by atoms with E-state index in [-0.39, 0.29) is 30.8 Å². The van der Waals surface area contributed by atoms with Gasteiger partial charge in [0.2, 0.25) is 0 Å². The predicted molar refractivity (Wildman–Crippen MR) is 178 cm³/mol. The van der Waals surface area contributed by atoms with Crippen LogP contribution >= 0.6 is 0 Å². The quantitative estimate of drug-likeness (QED) is 0.306. The number of carbonyl (C=O) groups is 1. The summed E-state index contributed by atoms with van der Waals surface area (Å²) in [5.74, 6) is 2.55. The van der Waals surface area contributed by atoms with E-state index in [2.05, 4.69) is 46.4 Å². The third kappa shape index (κ3) is 5.46. The maximum atomic E-state index is 13.2. The maximum absolute atomic E-state index is 13.2. The van der Waals surface area contributed by atoms with E-state index in [9.17, 15) is 10.1 Å². The van der Waals surface area contributed by atoms with E-state index in [0.717, 1.165) is 53.3 Å². The minimum absolute atomic E-state index is 0.0155. The van der Waals surface area contributed by atoms with Crippen molar-refractivity contribution in [2.45, 2.75) is 56.0 Å². The van der Waals surface area contributed by atoms with Crippen molar-refractivity contribution in [2.75, 3.05) is 47.1 Å². The number of carbonyl (C=O) groups excluding carboxylic acids is 1. The van der Waals surface area contributed by atoms with Gasteiger partial charge in [0.15, 0.2) is 23.0 Å². The Morgan fingerprint density at radius 3 is 2.25 bits per heavy atom. The summed E-state index contributed by atoms with van der Waals surface area (Å²) in [6, 6.07) is 18.3. The fourth-order valence-corrected chi connectivity index (χ4v) is 8.31. The topological polar surface area (TPSA) is 106 Å². The second-order valence-electron chi connectivity index (χ2n) is 13.1. The summed E-state index contributed by atoms with van der Waals surface area (Å²) in [6.45, 7) is 2.91. The first-order chi connectivity index (χ1) is 23.5. The zero-order valence-electron chi connectivity index (χ0n) is 27.3. The summed E-state index contributed by atoms with van der Waals surface area (Å²) < 4.78 is 30.1. The lowest BCUT2D eigenvalue weighted by molar-refractivity contribution is -0.142. The van der Waals surface area contributed by atoms with Crippen molar-refractivity contribution in [3.05, 3.63) is 88.0 Å². The number of nitrogens with one attached hydrogen (secondary N) is 1. The average molecular weight is 649 g/mol. The van der Waals surface area contributed by atoms with Gasteiger partial charge >= 0.3 is 5.97 Å². The molecule has 0 spiro atoms. The molecular formula is C38H40N4O6. The summed E-state index contributed by atoms with van der Waals surface area (Å²) in [5, 5.41) is 14.0. The molecule has 5 unspecified atom stereocenters. The normalized spacial score (nSPS) is 25.6. The van der Waals surface area contributed by atoms with Gasteiger partial charge in [-0.15, -0.1) is 0 Å². The molecule has 5 heterocycles. The molecule has 0 radical (unpaired) electrons. The van der Waals surface area contributed by atoms with Crippen LogP contribution in [-0.2, 0) is 28.9 Å². The molecule has 5 aliphatic rings. The van der Waals surface area contributed by atoms with Crippen molar-refractivity contribution in [1.82, 2.24) is 15.1 Å². The highest BCUT2D eigenvalue weighted by atomic mass is 16.6. The van der Waals surface area contributed by atoms with E-state index in [1.165, 1.54) is 22.8 Å². The van der Waals surface area contributed by atoms with Crippen LogP contribution in [0.25, 0.3) is 6.08 Å². The first-order valence-corrected chi connectivity index (χ1v) is 16.8. The number of rotatable bonds is 6. The number of ether oxygens (including phenoxy) is 5. The van der Waals surface area contributed by atoms with Crippen LogP contribution in [0.15, 0.2) is 54.6 Å². The van der Waals surface area contributed by atoms with Crippen LogP contribution in [0.1, 0.15) is 51.9 Å². The Labute approximate surface area is 280 Å². The van der Waals surface area contributed by atoms with Gasteiger partial charge in [0.25, 0.3) is 0 Å². The summed E-state index contributed by atoms with van der Waals surface area (Å²) in [7, 11) is 4.06. The van der Waals surface area contributed by atoms with E-state index >= 15 is 0 Å². The van der Waals surface area contributed by atoms with Crippen LogP contribution < -0.4 is 24.3 Å². The van der Waals surface area contributed by atoms with Crippen molar-refractivity contribution in [2.24, 2.45) is 0 Å². The maximum Gasteiger partial charge on any atom is 0.330 e. The third-order valence-electron chi connectivity index (χ3n) is 10.5. The molecule has 0 aromatic heterocycles. The fraction of sp³-hybridized carbons (Fsp3) is 0.421. The highest BCUT2D eigenvalue weighted by Crippen LogP contribution is 2.52. The molecule has 5 aliphatic heterocycles. The number of hydrogen-bond donors (Lipinski definition) is 1. The first kappa shape index (κ1) is 30.8.